The van der Waals surface area contributed by atoms with Crippen molar-refractivity contribution in [1.82, 2.24) is 0 Å². The fourth-order valence-electron chi connectivity index (χ4n) is 1.53. The Bertz CT molecular complexity index is 429. The van der Waals surface area contributed by atoms with Crippen LogP contribution in [-0.2, 0) is 14.2 Å². The van der Waals surface area contributed by atoms with E-state index in [2.05, 4.69) is 0 Å². The standard InChI is InChI=1S/C13H18O6/c1-9-5-10(18-7-15-2)6-11(19-8-16-3)12(9)13(14)17-4/h5-6H,7-8H2,1-4H3. The molecule has 0 saturated heterocycles. The van der Waals surface area contributed by atoms with Gasteiger partial charge in [-0.25, -0.2) is 4.79 Å². The van der Waals surface area contributed by atoms with Crippen LogP contribution in [0.15, 0.2) is 12.1 Å². The number of aryl methyl sites for hydroxylation is 1. The lowest BCUT2D eigenvalue weighted by Crippen LogP contribution is -2.10. The summed E-state index contributed by atoms with van der Waals surface area (Å²) in [4.78, 5) is 11.7. The number of carbonyl (C=O) groups is 1. The van der Waals surface area contributed by atoms with Crippen molar-refractivity contribution in [3.05, 3.63) is 23.3 Å². The molecule has 106 valence electrons. The first-order valence-electron chi connectivity index (χ1n) is 5.60. The fourth-order valence-corrected chi connectivity index (χ4v) is 1.53. The Hall–Kier alpha value is -1.79. The van der Waals surface area contributed by atoms with E-state index < -0.39 is 5.97 Å². The molecule has 0 aliphatic carbocycles. The summed E-state index contributed by atoms with van der Waals surface area (Å²) in [6.45, 7) is 1.91. The number of methoxy groups -OCH3 is 3. The van der Waals surface area contributed by atoms with E-state index in [1.54, 1.807) is 19.1 Å². The molecule has 6 heteroatoms. The van der Waals surface area contributed by atoms with Crippen molar-refractivity contribution in [2.24, 2.45) is 0 Å². The quantitative estimate of drug-likeness (QED) is 0.555. The molecule has 0 bridgehead atoms. The minimum absolute atomic E-state index is 0.0250. The van der Waals surface area contributed by atoms with Crippen LogP contribution in [0.2, 0.25) is 0 Å². The number of hydrogen-bond acceptors (Lipinski definition) is 6. The van der Waals surface area contributed by atoms with Crippen molar-refractivity contribution in [3.63, 3.8) is 0 Å². The Morgan fingerprint density at radius 1 is 1.05 bits per heavy atom. The average Bonchev–Trinajstić information content (AvgIpc) is 2.41. The van der Waals surface area contributed by atoms with Gasteiger partial charge >= 0.3 is 5.97 Å². The highest BCUT2D eigenvalue weighted by Gasteiger charge is 2.18. The van der Waals surface area contributed by atoms with Gasteiger partial charge in [0.25, 0.3) is 0 Å². The van der Waals surface area contributed by atoms with E-state index in [9.17, 15) is 4.79 Å². The van der Waals surface area contributed by atoms with E-state index >= 15 is 0 Å². The van der Waals surface area contributed by atoms with Gasteiger partial charge < -0.3 is 23.7 Å². The monoisotopic (exact) mass is 270 g/mol. The summed E-state index contributed by atoms with van der Waals surface area (Å²) in [5.74, 6) is 0.416. The Morgan fingerprint density at radius 2 is 1.68 bits per heavy atom. The predicted molar refractivity (Wildman–Crippen MR) is 67.5 cm³/mol. The smallest absolute Gasteiger partial charge is 0.341 e. The Labute approximate surface area is 112 Å². The Kier molecular flexibility index (Phi) is 6.11. The minimum Gasteiger partial charge on any atom is -0.467 e. The SMILES string of the molecule is COCOc1cc(C)c(C(=O)OC)c(OCOC)c1. The zero-order chi connectivity index (χ0) is 14.3. The van der Waals surface area contributed by atoms with Gasteiger partial charge in [-0.15, -0.1) is 0 Å². The van der Waals surface area contributed by atoms with Gasteiger partial charge in [-0.2, -0.15) is 0 Å². The largest absolute Gasteiger partial charge is 0.467 e. The third-order valence-corrected chi connectivity index (χ3v) is 2.34. The number of ether oxygens (including phenoxy) is 5. The second kappa shape index (κ2) is 7.60. The number of hydrogen-bond donors (Lipinski definition) is 0. The molecule has 0 aromatic heterocycles. The number of esters is 1. The van der Waals surface area contributed by atoms with Crippen LogP contribution in [0.4, 0.5) is 0 Å². The molecule has 1 aromatic carbocycles. The maximum atomic E-state index is 11.7. The molecule has 0 aliphatic heterocycles. The van der Waals surface area contributed by atoms with E-state index in [0.29, 0.717) is 22.6 Å². The van der Waals surface area contributed by atoms with Crippen molar-refractivity contribution in [2.45, 2.75) is 6.92 Å². The van der Waals surface area contributed by atoms with Crippen LogP contribution in [0.3, 0.4) is 0 Å². The maximum absolute atomic E-state index is 11.7. The first-order valence-corrected chi connectivity index (χ1v) is 5.60. The molecule has 6 nitrogen and oxygen atoms in total. The lowest BCUT2D eigenvalue weighted by Gasteiger charge is -2.14. The molecule has 0 amide bonds. The van der Waals surface area contributed by atoms with E-state index in [0.717, 1.165) is 0 Å². The summed E-state index contributed by atoms with van der Waals surface area (Å²) in [5, 5.41) is 0. The molecule has 0 unspecified atom stereocenters. The van der Waals surface area contributed by atoms with E-state index in [4.69, 9.17) is 23.7 Å². The lowest BCUT2D eigenvalue weighted by atomic mass is 10.1. The van der Waals surface area contributed by atoms with Gasteiger partial charge in [0.05, 0.1) is 7.11 Å². The van der Waals surface area contributed by atoms with Crippen LogP contribution in [-0.4, -0.2) is 40.9 Å². The van der Waals surface area contributed by atoms with E-state index in [-0.39, 0.29) is 13.6 Å². The van der Waals surface area contributed by atoms with Crippen molar-refractivity contribution >= 4 is 5.97 Å². The maximum Gasteiger partial charge on any atom is 0.341 e. The first-order chi connectivity index (χ1) is 9.13. The molecule has 0 spiro atoms. The molecule has 1 aromatic rings. The van der Waals surface area contributed by atoms with Crippen LogP contribution in [0.25, 0.3) is 0 Å². The second-order valence-corrected chi connectivity index (χ2v) is 3.71. The van der Waals surface area contributed by atoms with Crippen molar-refractivity contribution < 1.29 is 28.5 Å². The van der Waals surface area contributed by atoms with Gasteiger partial charge in [0.2, 0.25) is 0 Å². The normalized spacial score (nSPS) is 10.1. The number of carbonyl (C=O) groups excluding carboxylic acids is 1. The molecule has 0 aliphatic rings. The number of rotatable bonds is 7. The highest BCUT2D eigenvalue weighted by atomic mass is 16.7. The predicted octanol–water partition coefficient (Wildman–Crippen LogP) is 1.75. The minimum atomic E-state index is -0.470. The molecule has 0 atom stereocenters. The van der Waals surface area contributed by atoms with Gasteiger partial charge in [0, 0.05) is 20.3 Å². The van der Waals surface area contributed by atoms with Gasteiger partial charge in [-0.3, -0.25) is 0 Å². The van der Waals surface area contributed by atoms with Crippen LogP contribution in [0.1, 0.15) is 15.9 Å². The summed E-state index contributed by atoms with van der Waals surface area (Å²) < 4.78 is 25.1. The molecular weight excluding hydrogens is 252 g/mol. The van der Waals surface area contributed by atoms with Crippen LogP contribution >= 0.6 is 0 Å². The van der Waals surface area contributed by atoms with Crippen molar-refractivity contribution in [2.75, 3.05) is 34.9 Å². The third kappa shape index (κ3) is 4.11. The summed E-state index contributed by atoms with van der Waals surface area (Å²) in [5.41, 5.74) is 1.04. The zero-order valence-electron chi connectivity index (χ0n) is 11.5. The van der Waals surface area contributed by atoms with Crippen molar-refractivity contribution in [1.29, 1.82) is 0 Å². The zero-order valence-corrected chi connectivity index (χ0v) is 11.5. The van der Waals surface area contributed by atoms with Crippen LogP contribution in [0.5, 0.6) is 11.5 Å². The Morgan fingerprint density at radius 3 is 2.26 bits per heavy atom. The molecule has 0 N–H and O–H groups in total. The average molecular weight is 270 g/mol. The van der Waals surface area contributed by atoms with Gasteiger partial charge in [0.1, 0.15) is 17.1 Å². The van der Waals surface area contributed by atoms with Crippen molar-refractivity contribution in [3.8, 4) is 11.5 Å². The van der Waals surface area contributed by atoms with Gasteiger partial charge in [-0.05, 0) is 18.6 Å². The summed E-state index contributed by atoms with van der Waals surface area (Å²) in [6, 6.07) is 3.31. The second-order valence-electron chi connectivity index (χ2n) is 3.71. The van der Waals surface area contributed by atoms with Crippen LogP contribution in [0, 0.1) is 6.92 Å². The van der Waals surface area contributed by atoms with E-state index in [1.807, 2.05) is 0 Å². The summed E-state index contributed by atoms with van der Waals surface area (Å²) >= 11 is 0. The van der Waals surface area contributed by atoms with E-state index in [1.165, 1.54) is 21.3 Å². The molecule has 1 rings (SSSR count). The number of benzene rings is 1. The Balaban J connectivity index is 3.10. The van der Waals surface area contributed by atoms with Crippen LogP contribution < -0.4 is 9.47 Å². The summed E-state index contributed by atoms with van der Waals surface area (Å²) in [6.07, 6.45) is 0. The molecular formula is C13H18O6. The molecule has 0 fully saturated rings. The molecule has 19 heavy (non-hydrogen) atoms. The fraction of sp³-hybridized carbons (Fsp3) is 0.462. The highest BCUT2D eigenvalue weighted by Crippen LogP contribution is 2.29. The highest BCUT2D eigenvalue weighted by molar-refractivity contribution is 5.94. The molecule has 0 radical (unpaired) electrons. The lowest BCUT2D eigenvalue weighted by molar-refractivity contribution is 0.0433. The first kappa shape index (κ1) is 15.3. The topological polar surface area (TPSA) is 63.2 Å². The van der Waals surface area contributed by atoms with Gasteiger partial charge in [-0.1, -0.05) is 0 Å². The molecule has 0 saturated carbocycles. The molecule has 0 heterocycles. The third-order valence-electron chi connectivity index (χ3n) is 2.34. The van der Waals surface area contributed by atoms with Gasteiger partial charge in [0.15, 0.2) is 13.6 Å². The summed E-state index contributed by atoms with van der Waals surface area (Å²) in [7, 11) is 4.34.